The van der Waals surface area contributed by atoms with Crippen LogP contribution in [0.1, 0.15) is 0 Å². The second-order valence-electron chi connectivity index (χ2n) is 0.322. The normalized spacial score (nSPS) is 2.86. The fourth-order valence-electron chi connectivity index (χ4n) is 0. The number of carbonyl (C=O) groups excluding carboxylic acids is 1. The van der Waals surface area contributed by atoms with Crippen LogP contribution in [0, 0.1) is 0 Å². The summed E-state index contributed by atoms with van der Waals surface area (Å²) in [6.45, 7) is 3.06. The van der Waals surface area contributed by atoms with E-state index in [2.05, 4.69) is 6.58 Å². The Hall–Kier alpha value is 1.70. The Labute approximate surface area is 92.0 Å². The minimum absolute atomic E-state index is 0. The van der Waals surface area contributed by atoms with Gasteiger partial charge in [-0.3, -0.25) is 0 Å². The fraction of sp³-hybridized carbons (Fsp3) is 0. The van der Waals surface area contributed by atoms with Gasteiger partial charge in [-0.25, -0.2) is 12.7 Å². The summed E-state index contributed by atoms with van der Waals surface area (Å²) in [6, 6.07) is 0. The van der Waals surface area contributed by atoms with E-state index in [1.165, 1.54) is 6.29 Å². The topological polar surface area (TPSA) is 17.1 Å². The van der Waals surface area contributed by atoms with Crippen molar-refractivity contribution in [2.45, 2.75) is 0 Å². The van der Waals surface area contributed by atoms with Gasteiger partial charge in [-0.1, -0.05) is 0 Å². The smallest absolute Gasteiger partial charge is 0 e. The van der Waals surface area contributed by atoms with Gasteiger partial charge >= 0.3 is 0 Å². The van der Waals surface area contributed by atoms with Crippen LogP contribution < -0.4 is 0 Å². The van der Waals surface area contributed by atoms with E-state index >= 15 is 0 Å². The molecule has 0 aliphatic heterocycles. The zero-order chi connectivity index (χ0) is 3.41. The van der Waals surface area contributed by atoms with Gasteiger partial charge < -0.3 is 4.79 Å². The molecule has 1 nitrogen and oxygen atoms in total. The molecule has 1 radical (unpaired) electrons. The molecule has 0 aromatic carbocycles. The van der Waals surface area contributed by atoms with Gasteiger partial charge in [-0.2, -0.15) is 0 Å². The predicted octanol–water partition coefficient (Wildman–Crippen LogP) is 0.275. The number of hydrogen-bond acceptors (Lipinski definition) is 1. The van der Waals surface area contributed by atoms with Crippen molar-refractivity contribution in [2.75, 3.05) is 0 Å². The number of rotatable bonds is 1. The molecule has 0 fully saturated rings. The Morgan fingerprint density at radius 3 is 1.57 bits per heavy atom. The molecule has 0 aromatic rings. The average Bonchev–Trinajstić information content (AvgIpc) is 1.37. The molecule has 0 aliphatic rings. The fourth-order valence-corrected chi connectivity index (χ4v) is 0. The van der Waals surface area contributed by atoms with E-state index in [0.29, 0.717) is 0 Å². The third-order valence-electron chi connectivity index (χ3n) is 0.0833. The van der Waals surface area contributed by atoms with Crippen molar-refractivity contribution in [1.29, 1.82) is 0 Å². The summed E-state index contributed by atoms with van der Waals surface area (Å²) < 4.78 is 0. The molecule has 0 saturated heterocycles. The van der Waals surface area contributed by atoms with E-state index < -0.39 is 0 Å². The van der Waals surface area contributed by atoms with E-state index in [-0.39, 0.29) is 69.5 Å². The van der Waals surface area contributed by atoms with Crippen LogP contribution in [-0.2, 0) is 74.3 Å². The van der Waals surface area contributed by atoms with Gasteiger partial charge in [0.15, 0.2) is 0 Å². The van der Waals surface area contributed by atoms with Crippen molar-refractivity contribution in [3.63, 3.8) is 0 Å². The van der Waals surface area contributed by atoms with Crippen LogP contribution in [0.5, 0.6) is 0 Å². The molecule has 41 valence electrons. The van der Waals surface area contributed by atoms with Crippen LogP contribution in [0.3, 0.4) is 0 Å². The monoisotopic (exact) mass is 298 g/mol. The molecule has 0 bridgehead atoms. The third-order valence-corrected chi connectivity index (χ3v) is 0.0833. The first kappa shape index (κ1) is 23.4. The first-order valence-corrected chi connectivity index (χ1v) is 0.901. The largest absolute Gasteiger partial charge is 0.419 e. The Morgan fingerprint density at radius 1 is 1.43 bits per heavy atom. The summed E-state index contributed by atoms with van der Waals surface area (Å²) in [4.78, 5) is 8.93. The van der Waals surface area contributed by atoms with Crippen LogP contribution in [0.2, 0.25) is 0 Å². The van der Waals surface area contributed by atoms with Crippen molar-refractivity contribution in [3.8, 4) is 0 Å². The first-order chi connectivity index (χ1) is 1.91. The van der Waals surface area contributed by atoms with Gasteiger partial charge in [-0.15, -0.1) is 0 Å². The van der Waals surface area contributed by atoms with Crippen molar-refractivity contribution in [3.05, 3.63) is 12.7 Å². The standard InChI is InChI=1S/C3H3O.Cu.2Zr/c1-2-3-4;;;/h2H,1H2;;;/q-1;;;. The molecule has 0 unspecified atom stereocenters. The van der Waals surface area contributed by atoms with Crippen molar-refractivity contribution in [2.24, 2.45) is 0 Å². The van der Waals surface area contributed by atoms with Crippen LogP contribution >= 0.6 is 0 Å². The van der Waals surface area contributed by atoms with Crippen molar-refractivity contribution < 1.29 is 74.3 Å². The second-order valence-corrected chi connectivity index (χ2v) is 0.322. The third kappa shape index (κ3) is 34.4. The molecule has 0 heterocycles. The average molecular weight is 301 g/mol. The van der Waals surface area contributed by atoms with Gasteiger partial charge in [0.25, 0.3) is 0 Å². The van der Waals surface area contributed by atoms with Crippen molar-refractivity contribution >= 4 is 6.29 Å². The molecular weight excluding hydrogens is 298 g/mol. The maximum Gasteiger partial charge on any atom is 0 e. The zero-order valence-electron chi connectivity index (χ0n) is 3.49. The maximum absolute atomic E-state index is 8.93. The summed E-state index contributed by atoms with van der Waals surface area (Å²) in [5.74, 6) is 0. The Kier molecular flexibility index (Phi) is 84.3. The molecule has 0 rings (SSSR count). The van der Waals surface area contributed by atoms with E-state index in [1.54, 1.807) is 0 Å². The molecule has 0 aromatic heterocycles. The molecule has 0 N–H and O–H groups in total. The van der Waals surface area contributed by atoms with E-state index in [9.17, 15) is 0 Å². The molecule has 4 heteroatoms. The molecule has 0 amide bonds. The van der Waals surface area contributed by atoms with Crippen LogP contribution in [0.15, 0.2) is 12.7 Å². The molecule has 0 spiro atoms. The van der Waals surface area contributed by atoms with Crippen LogP contribution in [-0.4, -0.2) is 6.29 Å². The molecule has 0 saturated carbocycles. The summed E-state index contributed by atoms with van der Waals surface area (Å²) in [7, 11) is 0. The summed E-state index contributed by atoms with van der Waals surface area (Å²) >= 11 is 0. The minimum Gasteiger partial charge on any atom is -0.419 e. The van der Waals surface area contributed by atoms with Crippen LogP contribution in [0.4, 0.5) is 0 Å². The van der Waals surface area contributed by atoms with Gasteiger partial charge in [0.1, 0.15) is 0 Å². The molecule has 0 atom stereocenters. The summed E-state index contributed by atoms with van der Waals surface area (Å²) in [6.07, 6.45) is 2.51. The van der Waals surface area contributed by atoms with Gasteiger partial charge in [-0.05, 0) is 6.29 Å². The summed E-state index contributed by atoms with van der Waals surface area (Å²) in [5.41, 5.74) is 0. The first-order valence-electron chi connectivity index (χ1n) is 0.901. The number of hydrogen-bond donors (Lipinski definition) is 0. The van der Waals surface area contributed by atoms with E-state index in [1.807, 2.05) is 0 Å². The Morgan fingerprint density at radius 2 is 1.57 bits per heavy atom. The maximum atomic E-state index is 8.93. The van der Waals surface area contributed by atoms with Gasteiger partial charge in [0.05, 0.1) is 0 Å². The SMILES string of the molecule is C=C[C-]=O.[Cu].[Zr].[Zr]. The zero-order valence-corrected chi connectivity index (χ0v) is 9.35. The molecule has 0 aliphatic carbocycles. The Balaban J connectivity index is -0.0000000150. The molecule has 7 heavy (non-hydrogen) atoms. The van der Waals surface area contributed by atoms with Gasteiger partial charge in [0, 0.05) is 69.5 Å². The predicted molar refractivity (Wildman–Crippen MR) is 15.9 cm³/mol. The number of allylic oxidation sites excluding steroid dienone is 1. The van der Waals surface area contributed by atoms with Crippen LogP contribution in [0.25, 0.3) is 0 Å². The van der Waals surface area contributed by atoms with Crippen molar-refractivity contribution in [1.82, 2.24) is 0 Å². The minimum atomic E-state index is 0. The molecular formula is C3H3CuOZr2-. The second kappa shape index (κ2) is 25.3. The summed E-state index contributed by atoms with van der Waals surface area (Å²) in [5, 5.41) is 0. The quantitative estimate of drug-likeness (QED) is 0.386. The van der Waals surface area contributed by atoms with E-state index in [4.69, 9.17) is 4.79 Å². The van der Waals surface area contributed by atoms with Gasteiger partial charge in [0.2, 0.25) is 0 Å². The van der Waals surface area contributed by atoms with E-state index in [0.717, 1.165) is 6.08 Å². The Bertz CT molecular complexity index is 33.9.